The molecule has 0 radical (unpaired) electrons. The van der Waals surface area contributed by atoms with Gasteiger partial charge in [-0.05, 0) is 113 Å². The molecule has 2 fully saturated rings. The van der Waals surface area contributed by atoms with Gasteiger partial charge in [-0.1, -0.05) is 12.1 Å². The number of halogens is 5. The van der Waals surface area contributed by atoms with E-state index in [-0.39, 0.29) is 5.56 Å². The smallest absolute Gasteiger partial charge is 0.423 e. The molecule has 4 heterocycles. The van der Waals surface area contributed by atoms with Gasteiger partial charge in [-0.25, -0.2) is 37.5 Å². The first-order chi connectivity index (χ1) is 27.9. The molecule has 2 saturated carbocycles. The van der Waals surface area contributed by atoms with Gasteiger partial charge in [0.1, 0.15) is 27.9 Å². The first-order valence-electron chi connectivity index (χ1n) is 18.8. The predicted molar refractivity (Wildman–Crippen MR) is 217 cm³/mol. The number of aryl methyl sites for hydroxylation is 2. The molecular formula is C42H38BBrF4N8O2. The van der Waals surface area contributed by atoms with Crippen molar-refractivity contribution in [2.45, 2.75) is 50.6 Å². The Bertz CT molecular complexity index is 2760. The van der Waals surface area contributed by atoms with E-state index < -0.39 is 35.9 Å². The minimum Gasteiger partial charge on any atom is -0.423 e. The average Bonchev–Trinajstić information content (AvgIpc) is 4.09. The number of hydrogen-bond acceptors (Lipinski definition) is 6. The zero-order valence-electron chi connectivity index (χ0n) is 31.6. The summed E-state index contributed by atoms with van der Waals surface area (Å²) < 4.78 is 62.2. The highest BCUT2D eigenvalue weighted by molar-refractivity contribution is 9.10. The van der Waals surface area contributed by atoms with Crippen molar-refractivity contribution in [3.63, 3.8) is 0 Å². The van der Waals surface area contributed by atoms with Crippen molar-refractivity contribution in [2.24, 2.45) is 14.1 Å². The SMILES string of the molecule is Cn1cnc2ccc(Cn3cnc(-c4cc(F)ccc4F)c3C3CC3)cc21.Cn1cnc2ccc(Cn3cnc(Br)c3C3CC3)cc21.OB(O)c1cc(F)ccc1F. The molecule has 0 amide bonds. The molecule has 10 rings (SSSR count). The van der Waals surface area contributed by atoms with E-state index in [9.17, 15) is 17.6 Å². The van der Waals surface area contributed by atoms with E-state index in [2.05, 4.69) is 79.9 Å². The maximum Gasteiger partial charge on any atom is 0.491 e. The number of fused-ring (bicyclic) bond motifs is 2. The van der Waals surface area contributed by atoms with Crippen LogP contribution in [-0.4, -0.2) is 55.4 Å². The molecule has 4 aromatic heterocycles. The third kappa shape index (κ3) is 8.49. The van der Waals surface area contributed by atoms with Crippen LogP contribution in [-0.2, 0) is 27.2 Å². The average molecular weight is 854 g/mol. The first-order valence-corrected chi connectivity index (χ1v) is 19.5. The Labute approximate surface area is 339 Å². The molecule has 10 nitrogen and oxygen atoms in total. The summed E-state index contributed by atoms with van der Waals surface area (Å²) in [4.78, 5) is 17.6. The van der Waals surface area contributed by atoms with Gasteiger partial charge in [0, 0.05) is 55.7 Å². The van der Waals surface area contributed by atoms with Gasteiger partial charge < -0.3 is 28.3 Å². The van der Waals surface area contributed by atoms with Crippen molar-refractivity contribution in [3.8, 4) is 11.3 Å². The van der Waals surface area contributed by atoms with E-state index in [4.69, 9.17) is 10.0 Å². The van der Waals surface area contributed by atoms with Crippen LogP contribution in [0, 0.1) is 23.3 Å². The van der Waals surface area contributed by atoms with Gasteiger partial charge in [-0.3, -0.25) is 0 Å². The van der Waals surface area contributed by atoms with Gasteiger partial charge in [-0.2, -0.15) is 0 Å². The van der Waals surface area contributed by atoms with Crippen LogP contribution in [0.2, 0.25) is 0 Å². The zero-order chi connectivity index (χ0) is 40.7. The van der Waals surface area contributed by atoms with Gasteiger partial charge in [-0.15, -0.1) is 0 Å². The van der Waals surface area contributed by atoms with Crippen molar-refractivity contribution < 1.29 is 27.6 Å². The van der Waals surface area contributed by atoms with Crippen LogP contribution in [0.15, 0.2) is 103 Å². The highest BCUT2D eigenvalue weighted by atomic mass is 79.9. The van der Waals surface area contributed by atoms with Crippen LogP contribution in [0.1, 0.15) is 60.0 Å². The summed E-state index contributed by atoms with van der Waals surface area (Å²) in [5, 5.41) is 17.0. The Morgan fingerprint density at radius 1 is 0.621 bits per heavy atom. The minimum atomic E-state index is -1.97. The van der Waals surface area contributed by atoms with Crippen molar-refractivity contribution in [1.29, 1.82) is 0 Å². The number of aromatic nitrogens is 8. The molecular weight excluding hydrogens is 815 g/mol. The van der Waals surface area contributed by atoms with E-state index in [0.717, 1.165) is 82.1 Å². The summed E-state index contributed by atoms with van der Waals surface area (Å²) >= 11 is 3.57. The molecule has 2 aliphatic rings. The summed E-state index contributed by atoms with van der Waals surface area (Å²) in [7, 11) is 2.03. The zero-order valence-corrected chi connectivity index (χ0v) is 33.2. The van der Waals surface area contributed by atoms with Crippen molar-refractivity contribution in [2.75, 3.05) is 0 Å². The van der Waals surface area contributed by atoms with E-state index in [1.165, 1.54) is 35.7 Å². The summed E-state index contributed by atoms with van der Waals surface area (Å²) in [5.74, 6) is -1.39. The van der Waals surface area contributed by atoms with Crippen LogP contribution in [0.3, 0.4) is 0 Å². The topological polar surface area (TPSA) is 112 Å². The van der Waals surface area contributed by atoms with Crippen LogP contribution >= 0.6 is 15.9 Å². The molecule has 0 aliphatic heterocycles. The lowest BCUT2D eigenvalue weighted by molar-refractivity contribution is 0.422. The molecule has 0 atom stereocenters. The molecule has 296 valence electrons. The maximum absolute atomic E-state index is 14.3. The lowest BCUT2D eigenvalue weighted by atomic mass is 9.80. The van der Waals surface area contributed by atoms with Crippen LogP contribution in [0.5, 0.6) is 0 Å². The summed E-state index contributed by atoms with van der Waals surface area (Å²) in [6.07, 6.45) is 12.0. The number of hydrogen-bond donors (Lipinski definition) is 2. The Hall–Kier alpha value is -5.58. The molecule has 0 unspecified atom stereocenters. The molecule has 2 N–H and O–H groups in total. The molecule has 0 saturated heterocycles. The Morgan fingerprint density at radius 3 is 1.69 bits per heavy atom. The lowest BCUT2D eigenvalue weighted by Gasteiger charge is -2.11. The van der Waals surface area contributed by atoms with E-state index in [1.54, 1.807) is 12.7 Å². The first kappa shape index (κ1) is 39.3. The molecule has 4 aromatic carbocycles. The summed E-state index contributed by atoms with van der Waals surface area (Å²) in [6, 6.07) is 18.6. The van der Waals surface area contributed by atoms with Crippen LogP contribution in [0.4, 0.5) is 17.6 Å². The Morgan fingerprint density at radius 2 is 1.14 bits per heavy atom. The van der Waals surface area contributed by atoms with Crippen molar-refractivity contribution in [3.05, 3.63) is 148 Å². The predicted octanol–water partition coefficient (Wildman–Crippen LogP) is 7.74. The monoisotopic (exact) mass is 852 g/mol. The molecule has 8 aromatic rings. The van der Waals surface area contributed by atoms with Crippen molar-refractivity contribution >= 4 is 50.6 Å². The third-order valence-electron chi connectivity index (χ3n) is 10.3. The Balaban J connectivity index is 0.000000133. The quantitative estimate of drug-likeness (QED) is 0.120. The third-order valence-corrected chi connectivity index (χ3v) is 11.0. The van der Waals surface area contributed by atoms with Gasteiger partial charge >= 0.3 is 7.12 Å². The van der Waals surface area contributed by atoms with Gasteiger partial charge in [0.05, 0.1) is 58.8 Å². The summed E-state index contributed by atoms with van der Waals surface area (Å²) in [6.45, 7) is 1.50. The van der Waals surface area contributed by atoms with Gasteiger partial charge in [0.15, 0.2) is 0 Å². The normalized spacial score (nSPS) is 13.7. The second-order valence-corrected chi connectivity index (χ2v) is 15.5. The molecule has 2 aliphatic carbocycles. The fourth-order valence-corrected chi connectivity index (χ4v) is 7.73. The minimum absolute atomic E-state index is 0.234. The summed E-state index contributed by atoms with van der Waals surface area (Å²) in [5.41, 5.74) is 9.32. The van der Waals surface area contributed by atoms with Crippen LogP contribution < -0.4 is 5.46 Å². The Kier molecular flexibility index (Phi) is 11.1. The second kappa shape index (κ2) is 16.4. The largest absolute Gasteiger partial charge is 0.491 e. The fourth-order valence-electron chi connectivity index (χ4n) is 7.09. The second-order valence-electron chi connectivity index (χ2n) is 14.7. The molecule has 16 heteroatoms. The van der Waals surface area contributed by atoms with E-state index in [0.29, 0.717) is 24.1 Å². The standard InChI is InChI=1S/C21H18F2N4.C15H15BrN4.C6H5BF2O2/c1-26-11-24-18-7-2-13(8-19(18)26)10-27-12-25-20(21(27)14-3-4-14)16-9-15(22)5-6-17(16)23;1-19-8-17-12-5-2-10(6-13(12)19)7-20-9-18-15(16)14(20)11-3-4-11;8-4-1-2-6(9)5(3-4)7(10)11/h2,5-9,11-12,14H,3-4,10H2,1H3;2,5-6,8-9,11H,3-4,7H2,1H3;1-3,10-11H. The highest BCUT2D eigenvalue weighted by Gasteiger charge is 2.32. The van der Waals surface area contributed by atoms with Gasteiger partial charge in [0.25, 0.3) is 0 Å². The molecule has 58 heavy (non-hydrogen) atoms. The van der Waals surface area contributed by atoms with Crippen molar-refractivity contribution in [1.82, 2.24) is 38.2 Å². The number of nitrogens with zero attached hydrogens (tertiary/aromatic N) is 8. The van der Waals surface area contributed by atoms with E-state index >= 15 is 0 Å². The van der Waals surface area contributed by atoms with Gasteiger partial charge in [0.2, 0.25) is 0 Å². The van der Waals surface area contributed by atoms with E-state index in [1.807, 2.05) is 37.4 Å². The number of rotatable bonds is 8. The molecule has 0 bridgehead atoms. The molecule has 0 spiro atoms. The number of benzene rings is 4. The highest BCUT2D eigenvalue weighted by Crippen LogP contribution is 2.45. The number of imidazole rings is 4. The lowest BCUT2D eigenvalue weighted by Crippen LogP contribution is -2.32. The fraction of sp³-hybridized carbons (Fsp3) is 0.238. The maximum atomic E-state index is 14.3. The van der Waals surface area contributed by atoms with Crippen LogP contribution in [0.25, 0.3) is 33.3 Å².